The first-order chi connectivity index (χ1) is 9.58. The molecule has 0 aliphatic heterocycles. The smallest absolute Gasteiger partial charge is 0.239 e. The second-order valence-electron chi connectivity index (χ2n) is 4.33. The molecule has 0 aliphatic rings. The molecule has 3 N–H and O–H groups in total. The van der Waals surface area contributed by atoms with Crippen molar-refractivity contribution in [3.05, 3.63) is 36.4 Å². The number of nitrogens with one attached hydrogen (secondary N) is 3. The number of benzene rings is 1. The summed E-state index contributed by atoms with van der Waals surface area (Å²) in [5, 5.41) is 8.57. The van der Waals surface area contributed by atoms with E-state index in [1.54, 1.807) is 13.0 Å². The van der Waals surface area contributed by atoms with E-state index in [0.717, 1.165) is 16.9 Å². The Morgan fingerprint density at radius 3 is 2.60 bits per heavy atom. The summed E-state index contributed by atoms with van der Waals surface area (Å²) >= 11 is 0. The van der Waals surface area contributed by atoms with E-state index in [-0.39, 0.29) is 18.4 Å². The molecular weight excluding hydrogens is 254 g/mol. The monoisotopic (exact) mass is 275 g/mol. The Balaban J connectivity index is 2.66. The van der Waals surface area contributed by atoms with Crippen LogP contribution in [0.5, 0.6) is 0 Å². The minimum atomic E-state index is -0.104. The van der Waals surface area contributed by atoms with Crippen LogP contribution in [0.25, 0.3) is 0 Å². The molecule has 0 saturated carbocycles. The van der Waals surface area contributed by atoms with Crippen molar-refractivity contribution >= 4 is 23.2 Å². The first kappa shape index (κ1) is 15.8. The molecule has 0 spiro atoms. The van der Waals surface area contributed by atoms with Crippen molar-refractivity contribution in [1.29, 1.82) is 0 Å². The fourth-order valence-corrected chi connectivity index (χ4v) is 1.63. The topological polar surface area (TPSA) is 70.2 Å². The van der Waals surface area contributed by atoms with Crippen molar-refractivity contribution in [3.8, 4) is 0 Å². The molecule has 20 heavy (non-hydrogen) atoms. The van der Waals surface area contributed by atoms with E-state index in [9.17, 15) is 9.59 Å². The molecule has 0 radical (unpaired) electrons. The van der Waals surface area contributed by atoms with Crippen molar-refractivity contribution in [1.82, 2.24) is 5.32 Å². The summed E-state index contributed by atoms with van der Waals surface area (Å²) in [5.41, 5.74) is 2.49. The van der Waals surface area contributed by atoms with Gasteiger partial charge in [-0.2, -0.15) is 0 Å². The van der Waals surface area contributed by atoms with Gasteiger partial charge >= 0.3 is 0 Å². The first-order valence-corrected chi connectivity index (χ1v) is 6.59. The standard InChI is InChI=1S/C15H21N3O2/c1-4-9-16-15(20)10-17-12-7-6-8-13(11(12)3)18-14(19)5-2/h4,6-8,17H,1,5,9-10H2,2-3H3,(H,16,20)(H,18,19). The number of hydrogen-bond donors (Lipinski definition) is 3. The number of rotatable bonds is 7. The van der Waals surface area contributed by atoms with Gasteiger partial charge in [-0.15, -0.1) is 6.58 Å². The number of carbonyl (C=O) groups is 2. The average Bonchev–Trinajstić information content (AvgIpc) is 2.45. The Bertz CT molecular complexity index is 498. The van der Waals surface area contributed by atoms with Gasteiger partial charge in [0.25, 0.3) is 0 Å². The van der Waals surface area contributed by atoms with E-state index < -0.39 is 0 Å². The zero-order valence-corrected chi connectivity index (χ0v) is 12.0. The van der Waals surface area contributed by atoms with E-state index in [0.29, 0.717) is 13.0 Å². The minimum absolute atomic E-state index is 0.0334. The quantitative estimate of drug-likeness (QED) is 0.667. The third-order valence-corrected chi connectivity index (χ3v) is 2.81. The van der Waals surface area contributed by atoms with Crippen LogP contribution < -0.4 is 16.0 Å². The van der Waals surface area contributed by atoms with Gasteiger partial charge in [-0.1, -0.05) is 19.1 Å². The minimum Gasteiger partial charge on any atom is -0.376 e. The van der Waals surface area contributed by atoms with Crippen LogP contribution in [0.1, 0.15) is 18.9 Å². The molecule has 2 amide bonds. The Morgan fingerprint density at radius 2 is 1.95 bits per heavy atom. The van der Waals surface area contributed by atoms with Crippen LogP contribution in [-0.4, -0.2) is 24.9 Å². The lowest BCUT2D eigenvalue weighted by molar-refractivity contribution is -0.119. The Morgan fingerprint density at radius 1 is 1.25 bits per heavy atom. The summed E-state index contributed by atoms with van der Waals surface area (Å²) in [6.45, 7) is 7.87. The average molecular weight is 275 g/mol. The van der Waals surface area contributed by atoms with Gasteiger partial charge in [-0.05, 0) is 24.6 Å². The summed E-state index contributed by atoms with van der Waals surface area (Å²) < 4.78 is 0. The number of anilines is 2. The Kier molecular flexibility index (Phi) is 6.29. The molecule has 108 valence electrons. The van der Waals surface area contributed by atoms with Crippen LogP contribution in [0, 0.1) is 6.92 Å². The van der Waals surface area contributed by atoms with Crippen molar-refractivity contribution < 1.29 is 9.59 Å². The van der Waals surface area contributed by atoms with Crippen LogP contribution in [0.2, 0.25) is 0 Å². The van der Waals surface area contributed by atoms with Gasteiger partial charge < -0.3 is 16.0 Å². The van der Waals surface area contributed by atoms with Crippen LogP contribution in [-0.2, 0) is 9.59 Å². The summed E-state index contributed by atoms with van der Waals surface area (Å²) in [4.78, 5) is 22.9. The lowest BCUT2D eigenvalue weighted by Crippen LogP contribution is -2.30. The maximum absolute atomic E-state index is 11.5. The van der Waals surface area contributed by atoms with E-state index in [4.69, 9.17) is 0 Å². The maximum Gasteiger partial charge on any atom is 0.239 e. The van der Waals surface area contributed by atoms with Crippen LogP contribution in [0.4, 0.5) is 11.4 Å². The van der Waals surface area contributed by atoms with Gasteiger partial charge in [-0.25, -0.2) is 0 Å². The molecule has 0 unspecified atom stereocenters. The third-order valence-electron chi connectivity index (χ3n) is 2.81. The van der Waals surface area contributed by atoms with Gasteiger partial charge in [0.1, 0.15) is 0 Å². The fourth-order valence-electron chi connectivity index (χ4n) is 1.63. The molecule has 0 atom stereocenters. The number of carbonyl (C=O) groups excluding carboxylic acids is 2. The van der Waals surface area contributed by atoms with Gasteiger partial charge in [0, 0.05) is 24.3 Å². The first-order valence-electron chi connectivity index (χ1n) is 6.59. The fraction of sp³-hybridized carbons (Fsp3) is 0.333. The summed E-state index contributed by atoms with van der Waals surface area (Å²) in [5.74, 6) is -0.138. The third kappa shape index (κ3) is 4.76. The summed E-state index contributed by atoms with van der Waals surface area (Å²) in [6.07, 6.45) is 2.06. The molecule has 0 saturated heterocycles. The zero-order chi connectivity index (χ0) is 15.0. The highest BCUT2D eigenvalue weighted by Gasteiger charge is 2.07. The molecule has 1 aromatic carbocycles. The van der Waals surface area contributed by atoms with E-state index in [1.807, 2.05) is 25.1 Å². The van der Waals surface area contributed by atoms with E-state index in [1.165, 1.54) is 0 Å². The molecule has 1 rings (SSSR count). The lowest BCUT2D eigenvalue weighted by Gasteiger charge is -2.13. The van der Waals surface area contributed by atoms with Gasteiger partial charge in [0.15, 0.2) is 0 Å². The van der Waals surface area contributed by atoms with Crippen molar-refractivity contribution in [2.24, 2.45) is 0 Å². The molecule has 1 aromatic rings. The Hall–Kier alpha value is -2.30. The largest absolute Gasteiger partial charge is 0.376 e. The lowest BCUT2D eigenvalue weighted by atomic mass is 10.1. The van der Waals surface area contributed by atoms with Crippen LogP contribution in [0.3, 0.4) is 0 Å². The predicted molar refractivity (Wildman–Crippen MR) is 81.8 cm³/mol. The van der Waals surface area contributed by atoms with Crippen LogP contribution in [0.15, 0.2) is 30.9 Å². The molecule has 0 bridgehead atoms. The highest BCUT2D eigenvalue weighted by atomic mass is 16.2. The highest BCUT2D eigenvalue weighted by molar-refractivity contribution is 5.92. The van der Waals surface area contributed by atoms with E-state index in [2.05, 4.69) is 22.5 Å². The van der Waals surface area contributed by atoms with Gasteiger partial charge in [0.05, 0.1) is 6.54 Å². The normalized spacial score (nSPS) is 9.70. The molecule has 5 heteroatoms. The number of amides is 2. The summed E-state index contributed by atoms with van der Waals surface area (Å²) in [7, 11) is 0. The molecule has 5 nitrogen and oxygen atoms in total. The molecule has 0 fully saturated rings. The van der Waals surface area contributed by atoms with Crippen molar-refractivity contribution in [3.63, 3.8) is 0 Å². The highest BCUT2D eigenvalue weighted by Crippen LogP contribution is 2.23. The van der Waals surface area contributed by atoms with Crippen molar-refractivity contribution in [2.75, 3.05) is 23.7 Å². The van der Waals surface area contributed by atoms with E-state index >= 15 is 0 Å². The zero-order valence-electron chi connectivity index (χ0n) is 12.0. The maximum atomic E-state index is 11.5. The van der Waals surface area contributed by atoms with Gasteiger partial charge in [0.2, 0.25) is 11.8 Å². The van der Waals surface area contributed by atoms with Gasteiger partial charge in [-0.3, -0.25) is 9.59 Å². The second-order valence-corrected chi connectivity index (χ2v) is 4.33. The predicted octanol–water partition coefficient (Wildman–Crippen LogP) is 2.06. The van der Waals surface area contributed by atoms with Crippen molar-refractivity contribution in [2.45, 2.75) is 20.3 Å². The molecular formula is C15H21N3O2. The SMILES string of the molecule is C=CCNC(=O)CNc1cccc(NC(=O)CC)c1C. The van der Waals surface area contributed by atoms with Crippen LogP contribution >= 0.6 is 0 Å². The summed E-state index contributed by atoms with van der Waals surface area (Å²) in [6, 6.07) is 5.55. The molecule has 0 aliphatic carbocycles. The Labute approximate surface area is 119 Å². The number of hydrogen-bond acceptors (Lipinski definition) is 3. The molecule has 0 aromatic heterocycles. The molecule has 0 heterocycles. The second kappa shape index (κ2) is 7.99.